The topological polar surface area (TPSA) is 50.8 Å². The van der Waals surface area contributed by atoms with E-state index in [2.05, 4.69) is 40.6 Å². The van der Waals surface area contributed by atoms with Crippen molar-refractivity contribution >= 4 is 11.5 Å². The fraction of sp³-hybridized carbons (Fsp3) is 0.318. The molecule has 1 atom stereocenters. The molecule has 2 aliphatic heterocycles. The number of benzene rings is 2. The third-order valence-corrected chi connectivity index (χ3v) is 5.22. The SMILES string of the molecule is C[C@H](C(=O)NCc1ccc2c(c1)OCO2)N1CC=C(c2ccccc2)CC1. The molecule has 1 N–H and O–H groups in total. The van der Waals surface area contributed by atoms with E-state index in [-0.39, 0.29) is 18.7 Å². The van der Waals surface area contributed by atoms with E-state index in [9.17, 15) is 4.79 Å². The smallest absolute Gasteiger partial charge is 0.237 e. The van der Waals surface area contributed by atoms with Crippen molar-refractivity contribution in [1.82, 2.24) is 10.2 Å². The Labute approximate surface area is 159 Å². The second kappa shape index (κ2) is 7.84. The van der Waals surface area contributed by atoms with E-state index in [4.69, 9.17) is 9.47 Å². The summed E-state index contributed by atoms with van der Waals surface area (Å²) in [6.45, 7) is 4.40. The van der Waals surface area contributed by atoms with Crippen molar-refractivity contribution < 1.29 is 14.3 Å². The van der Waals surface area contributed by atoms with Crippen LogP contribution in [0.2, 0.25) is 0 Å². The maximum Gasteiger partial charge on any atom is 0.237 e. The highest BCUT2D eigenvalue weighted by atomic mass is 16.7. The minimum absolute atomic E-state index is 0.0456. The summed E-state index contributed by atoms with van der Waals surface area (Å²) in [5.41, 5.74) is 3.64. The number of amides is 1. The second-order valence-corrected chi connectivity index (χ2v) is 6.92. The molecule has 0 saturated carbocycles. The van der Waals surface area contributed by atoms with Crippen molar-refractivity contribution in [3.63, 3.8) is 0 Å². The lowest BCUT2D eigenvalue weighted by molar-refractivity contribution is -0.125. The molecule has 140 valence electrons. The van der Waals surface area contributed by atoms with Crippen LogP contribution in [-0.2, 0) is 11.3 Å². The summed E-state index contributed by atoms with van der Waals surface area (Å²) in [5.74, 6) is 1.54. The van der Waals surface area contributed by atoms with Crippen LogP contribution in [0.1, 0.15) is 24.5 Å². The molecule has 0 unspecified atom stereocenters. The highest BCUT2D eigenvalue weighted by molar-refractivity contribution is 5.81. The van der Waals surface area contributed by atoms with Crippen LogP contribution in [0.4, 0.5) is 0 Å². The van der Waals surface area contributed by atoms with Gasteiger partial charge in [0.25, 0.3) is 0 Å². The van der Waals surface area contributed by atoms with E-state index in [1.165, 1.54) is 11.1 Å². The molecule has 0 fully saturated rings. The van der Waals surface area contributed by atoms with Gasteiger partial charge in [-0.15, -0.1) is 0 Å². The largest absolute Gasteiger partial charge is 0.454 e. The predicted octanol–water partition coefficient (Wildman–Crippen LogP) is 3.21. The first-order valence-electron chi connectivity index (χ1n) is 9.35. The van der Waals surface area contributed by atoms with Crippen LogP contribution in [0.15, 0.2) is 54.6 Å². The predicted molar refractivity (Wildman–Crippen MR) is 104 cm³/mol. The van der Waals surface area contributed by atoms with Gasteiger partial charge >= 0.3 is 0 Å². The third kappa shape index (κ3) is 3.98. The van der Waals surface area contributed by atoms with Gasteiger partial charge in [-0.25, -0.2) is 0 Å². The molecule has 0 saturated heterocycles. The molecule has 5 nitrogen and oxygen atoms in total. The van der Waals surface area contributed by atoms with Gasteiger partial charge in [-0.1, -0.05) is 42.5 Å². The summed E-state index contributed by atoms with van der Waals surface area (Å²) in [5, 5.41) is 3.03. The zero-order valence-corrected chi connectivity index (χ0v) is 15.5. The van der Waals surface area contributed by atoms with Crippen LogP contribution in [0.3, 0.4) is 0 Å². The normalized spacial score (nSPS) is 17.3. The molecule has 27 heavy (non-hydrogen) atoms. The van der Waals surface area contributed by atoms with Gasteiger partial charge in [-0.3, -0.25) is 9.69 Å². The quantitative estimate of drug-likeness (QED) is 0.885. The number of rotatable bonds is 5. The Balaban J connectivity index is 1.31. The van der Waals surface area contributed by atoms with Gasteiger partial charge in [0.15, 0.2) is 11.5 Å². The monoisotopic (exact) mass is 364 g/mol. The van der Waals surface area contributed by atoms with Crippen molar-refractivity contribution in [1.29, 1.82) is 0 Å². The van der Waals surface area contributed by atoms with Gasteiger partial charge < -0.3 is 14.8 Å². The fourth-order valence-corrected chi connectivity index (χ4v) is 3.50. The summed E-state index contributed by atoms with van der Waals surface area (Å²) >= 11 is 0. The Morgan fingerprint density at radius 2 is 1.96 bits per heavy atom. The van der Waals surface area contributed by atoms with E-state index < -0.39 is 0 Å². The van der Waals surface area contributed by atoms with Crippen molar-refractivity contribution in [3.05, 3.63) is 65.7 Å². The number of nitrogens with zero attached hydrogens (tertiary/aromatic N) is 1. The lowest BCUT2D eigenvalue weighted by Gasteiger charge is -2.31. The van der Waals surface area contributed by atoms with Crippen LogP contribution in [0, 0.1) is 0 Å². The molecule has 0 radical (unpaired) electrons. The first kappa shape index (κ1) is 17.6. The number of hydrogen-bond acceptors (Lipinski definition) is 4. The third-order valence-electron chi connectivity index (χ3n) is 5.22. The average molecular weight is 364 g/mol. The van der Waals surface area contributed by atoms with E-state index >= 15 is 0 Å². The van der Waals surface area contributed by atoms with Crippen molar-refractivity contribution in [3.8, 4) is 11.5 Å². The van der Waals surface area contributed by atoms with Crippen LogP contribution < -0.4 is 14.8 Å². The van der Waals surface area contributed by atoms with Gasteiger partial charge in [-0.05, 0) is 42.2 Å². The summed E-state index contributed by atoms with van der Waals surface area (Å²) in [7, 11) is 0. The molecule has 0 aromatic heterocycles. The summed E-state index contributed by atoms with van der Waals surface area (Å²) in [4.78, 5) is 14.8. The van der Waals surface area contributed by atoms with Crippen LogP contribution in [0.25, 0.3) is 5.57 Å². The Bertz CT molecular complexity index is 848. The van der Waals surface area contributed by atoms with Crippen LogP contribution >= 0.6 is 0 Å². The van der Waals surface area contributed by atoms with Gasteiger partial charge in [-0.2, -0.15) is 0 Å². The number of hydrogen-bond donors (Lipinski definition) is 1. The van der Waals surface area contributed by atoms with Gasteiger partial charge in [0.05, 0.1) is 6.04 Å². The van der Waals surface area contributed by atoms with E-state index in [1.807, 2.05) is 31.2 Å². The lowest BCUT2D eigenvalue weighted by Crippen LogP contribution is -2.46. The minimum Gasteiger partial charge on any atom is -0.454 e. The number of nitrogens with one attached hydrogen (secondary N) is 1. The Kier molecular flexibility index (Phi) is 5.12. The Morgan fingerprint density at radius 3 is 2.74 bits per heavy atom. The molecular weight excluding hydrogens is 340 g/mol. The standard InChI is InChI=1S/C22H24N2O3/c1-16(24-11-9-19(10-12-24)18-5-3-2-4-6-18)22(25)23-14-17-7-8-20-21(13-17)27-15-26-20/h2-9,13,16H,10-12,14-15H2,1H3,(H,23,25)/t16-/m1/s1. The number of carbonyl (C=O) groups excluding carboxylic acids is 1. The zero-order chi connectivity index (χ0) is 18.6. The summed E-state index contributed by atoms with van der Waals surface area (Å²) in [6.07, 6.45) is 3.20. The van der Waals surface area contributed by atoms with Gasteiger partial charge in [0, 0.05) is 19.6 Å². The molecule has 1 amide bonds. The molecule has 2 aliphatic rings. The number of fused-ring (bicyclic) bond motifs is 1. The second-order valence-electron chi connectivity index (χ2n) is 6.92. The molecule has 5 heteroatoms. The maximum atomic E-state index is 12.6. The number of ether oxygens (including phenoxy) is 2. The van der Waals surface area contributed by atoms with Crippen molar-refractivity contribution in [2.24, 2.45) is 0 Å². The number of carbonyl (C=O) groups is 1. The molecule has 2 heterocycles. The van der Waals surface area contributed by atoms with Crippen LogP contribution in [-0.4, -0.2) is 36.7 Å². The summed E-state index contributed by atoms with van der Waals surface area (Å²) < 4.78 is 10.7. The zero-order valence-electron chi connectivity index (χ0n) is 15.5. The molecule has 0 spiro atoms. The van der Waals surface area contributed by atoms with Gasteiger partial charge in [0.2, 0.25) is 12.7 Å². The highest BCUT2D eigenvalue weighted by Gasteiger charge is 2.23. The Morgan fingerprint density at radius 1 is 1.15 bits per heavy atom. The van der Waals surface area contributed by atoms with Crippen molar-refractivity contribution in [2.45, 2.75) is 25.9 Å². The molecular formula is C22H24N2O3. The average Bonchev–Trinajstić information content (AvgIpc) is 3.20. The highest BCUT2D eigenvalue weighted by Crippen LogP contribution is 2.32. The van der Waals surface area contributed by atoms with Crippen LogP contribution in [0.5, 0.6) is 11.5 Å². The minimum atomic E-state index is -0.160. The molecule has 2 aromatic carbocycles. The van der Waals surface area contributed by atoms with Crippen molar-refractivity contribution in [2.75, 3.05) is 19.9 Å². The maximum absolute atomic E-state index is 12.6. The Hall–Kier alpha value is -2.79. The van der Waals surface area contributed by atoms with E-state index in [1.54, 1.807) is 0 Å². The first-order valence-corrected chi connectivity index (χ1v) is 9.35. The molecule has 4 rings (SSSR count). The molecule has 0 bridgehead atoms. The molecule has 0 aliphatic carbocycles. The lowest BCUT2D eigenvalue weighted by atomic mass is 9.99. The summed E-state index contributed by atoms with van der Waals surface area (Å²) in [6, 6.07) is 16.0. The van der Waals surface area contributed by atoms with E-state index in [0.717, 1.165) is 36.6 Å². The first-order chi connectivity index (χ1) is 13.2. The fourth-order valence-electron chi connectivity index (χ4n) is 3.50. The molecule has 2 aromatic rings. The van der Waals surface area contributed by atoms with Gasteiger partial charge in [0.1, 0.15) is 0 Å². The van der Waals surface area contributed by atoms with E-state index in [0.29, 0.717) is 6.54 Å².